The predicted octanol–water partition coefficient (Wildman–Crippen LogP) is 4.38. The smallest absolute Gasteiger partial charge is 0.417 e. The Hall–Kier alpha value is -0.750. The van der Waals surface area contributed by atoms with Crippen molar-refractivity contribution in [3.63, 3.8) is 0 Å². The van der Waals surface area contributed by atoms with E-state index in [2.05, 4.69) is 21.2 Å². The molecule has 0 amide bonds. The maximum Gasteiger partial charge on any atom is 0.417 e. The quantitative estimate of drug-likeness (QED) is 0.841. The number of alkyl halides is 3. The Morgan fingerprint density at radius 1 is 1.19 bits per heavy atom. The molecule has 1 N–H and O–H groups in total. The first-order valence-electron chi connectivity index (χ1n) is 7.12. The second-order valence-corrected chi connectivity index (χ2v) is 6.89. The Bertz CT molecular complexity index is 518. The molecule has 0 aromatic heterocycles. The average Bonchev–Trinajstić information content (AvgIpc) is 2.39. The van der Waals surface area contributed by atoms with Gasteiger partial charge in [-0.2, -0.15) is 13.2 Å². The summed E-state index contributed by atoms with van der Waals surface area (Å²) in [7, 11) is 0. The lowest BCUT2D eigenvalue weighted by Gasteiger charge is -2.49. The van der Waals surface area contributed by atoms with Crippen LogP contribution in [-0.2, 0) is 6.18 Å². The number of hydrogen-bond donors (Lipinski definition) is 1. The van der Waals surface area contributed by atoms with Crippen molar-refractivity contribution in [2.45, 2.75) is 38.0 Å². The molecule has 21 heavy (non-hydrogen) atoms. The molecule has 0 unspecified atom stereocenters. The van der Waals surface area contributed by atoms with Gasteiger partial charge in [-0.05, 0) is 62.4 Å². The molecule has 2 aliphatic rings. The Labute approximate surface area is 130 Å². The van der Waals surface area contributed by atoms with E-state index in [4.69, 9.17) is 4.74 Å². The Morgan fingerprint density at radius 2 is 1.86 bits per heavy atom. The van der Waals surface area contributed by atoms with Crippen molar-refractivity contribution in [3.05, 3.63) is 28.2 Å². The van der Waals surface area contributed by atoms with Crippen molar-refractivity contribution < 1.29 is 17.9 Å². The summed E-state index contributed by atoms with van der Waals surface area (Å²) < 4.78 is 44.3. The molecule has 0 radical (unpaired) electrons. The first kappa shape index (κ1) is 15.2. The van der Waals surface area contributed by atoms with Gasteiger partial charge in [-0.1, -0.05) is 15.9 Å². The lowest BCUT2D eigenvalue weighted by molar-refractivity contribution is -0.138. The highest BCUT2D eigenvalue weighted by Gasteiger charge is 2.46. The third kappa shape index (κ3) is 3.21. The van der Waals surface area contributed by atoms with E-state index in [0.717, 1.165) is 44.8 Å². The summed E-state index contributed by atoms with van der Waals surface area (Å²) in [6.45, 7) is 2.06. The molecule has 1 aromatic rings. The second kappa shape index (κ2) is 5.47. The Kier molecular flexibility index (Phi) is 3.94. The van der Waals surface area contributed by atoms with E-state index >= 15 is 0 Å². The fourth-order valence-electron chi connectivity index (χ4n) is 3.34. The molecular weight excluding hydrogens is 347 g/mol. The van der Waals surface area contributed by atoms with Gasteiger partial charge >= 0.3 is 6.18 Å². The van der Waals surface area contributed by atoms with E-state index in [9.17, 15) is 13.2 Å². The molecule has 3 rings (SSSR count). The SMILES string of the molecule is FC(F)(F)c1cc(OC2CC3(CCNCC3)C2)ccc1Br. The highest BCUT2D eigenvalue weighted by atomic mass is 79.9. The van der Waals surface area contributed by atoms with Gasteiger partial charge in [-0.3, -0.25) is 0 Å². The van der Waals surface area contributed by atoms with Gasteiger partial charge in [-0.15, -0.1) is 0 Å². The molecule has 2 fully saturated rings. The van der Waals surface area contributed by atoms with E-state index in [1.165, 1.54) is 6.07 Å². The molecule has 0 atom stereocenters. The van der Waals surface area contributed by atoms with E-state index in [1.54, 1.807) is 6.07 Å². The largest absolute Gasteiger partial charge is 0.490 e. The van der Waals surface area contributed by atoms with Crippen LogP contribution in [0.4, 0.5) is 13.2 Å². The molecule has 2 nitrogen and oxygen atoms in total. The van der Waals surface area contributed by atoms with Crippen LogP contribution in [0.5, 0.6) is 5.75 Å². The molecule has 6 heteroatoms. The molecule has 0 bridgehead atoms. The maximum atomic E-state index is 12.9. The summed E-state index contributed by atoms with van der Waals surface area (Å²) in [5.41, 5.74) is -0.325. The molecular formula is C15H17BrF3NO. The number of nitrogens with one attached hydrogen (secondary N) is 1. The lowest BCUT2D eigenvalue weighted by atomic mass is 9.62. The van der Waals surface area contributed by atoms with Gasteiger partial charge in [0.2, 0.25) is 0 Å². The van der Waals surface area contributed by atoms with Gasteiger partial charge in [0.15, 0.2) is 0 Å². The van der Waals surface area contributed by atoms with Crippen molar-refractivity contribution in [1.29, 1.82) is 0 Å². The van der Waals surface area contributed by atoms with Crippen molar-refractivity contribution in [2.24, 2.45) is 5.41 Å². The highest BCUT2D eigenvalue weighted by molar-refractivity contribution is 9.10. The van der Waals surface area contributed by atoms with Crippen molar-refractivity contribution in [2.75, 3.05) is 13.1 Å². The minimum absolute atomic E-state index is 0.0466. The van der Waals surface area contributed by atoms with Crippen molar-refractivity contribution in [3.8, 4) is 5.75 Å². The van der Waals surface area contributed by atoms with Gasteiger partial charge in [-0.25, -0.2) is 0 Å². The van der Waals surface area contributed by atoms with Crippen LogP contribution in [0.1, 0.15) is 31.2 Å². The van der Waals surface area contributed by atoms with Crippen LogP contribution >= 0.6 is 15.9 Å². The summed E-state index contributed by atoms with van der Waals surface area (Å²) in [4.78, 5) is 0. The van der Waals surface area contributed by atoms with E-state index in [-0.39, 0.29) is 10.6 Å². The van der Waals surface area contributed by atoms with Crippen molar-refractivity contribution >= 4 is 15.9 Å². The zero-order chi connectivity index (χ0) is 15.1. The fourth-order valence-corrected chi connectivity index (χ4v) is 3.81. The zero-order valence-electron chi connectivity index (χ0n) is 11.5. The molecule has 1 aliphatic heterocycles. The van der Waals surface area contributed by atoms with Gasteiger partial charge in [0.25, 0.3) is 0 Å². The van der Waals surface area contributed by atoms with Crippen LogP contribution in [0, 0.1) is 5.41 Å². The third-order valence-corrected chi connectivity index (χ3v) is 5.22. The van der Waals surface area contributed by atoms with E-state index in [1.807, 2.05) is 0 Å². The molecule has 116 valence electrons. The molecule has 1 saturated carbocycles. The number of piperidine rings is 1. The summed E-state index contributed by atoms with van der Waals surface area (Å²) in [5.74, 6) is 0.305. The predicted molar refractivity (Wildman–Crippen MR) is 77.3 cm³/mol. The zero-order valence-corrected chi connectivity index (χ0v) is 13.1. The molecule has 1 heterocycles. The summed E-state index contributed by atoms with van der Waals surface area (Å²) in [5, 5.41) is 3.33. The van der Waals surface area contributed by atoms with Crippen molar-refractivity contribution in [1.82, 2.24) is 5.32 Å². The Balaban J connectivity index is 1.64. The van der Waals surface area contributed by atoms with Gasteiger partial charge in [0.1, 0.15) is 5.75 Å². The summed E-state index contributed by atoms with van der Waals surface area (Å²) >= 11 is 2.94. The number of benzene rings is 1. The topological polar surface area (TPSA) is 21.3 Å². The first-order chi connectivity index (χ1) is 9.88. The third-order valence-electron chi connectivity index (χ3n) is 4.53. The molecule has 1 spiro atoms. The number of ether oxygens (including phenoxy) is 1. The fraction of sp³-hybridized carbons (Fsp3) is 0.600. The number of halogens is 4. The van der Waals surface area contributed by atoms with Gasteiger partial charge < -0.3 is 10.1 Å². The standard InChI is InChI=1S/C15H17BrF3NO/c16-13-2-1-10(7-12(13)15(17,18)19)21-11-8-14(9-11)3-5-20-6-4-14/h1-2,7,11,20H,3-6,8-9H2. The van der Waals surface area contributed by atoms with Crippen LogP contribution in [-0.4, -0.2) is 19.2 Å². The first-order valence-corrected chi connectivity index (χ1v) is 7.91. The number of rotatable bonds is 2. The lowest BCUT2D eigenvalue weighted by Crippen LogP contribution is -2.49. The minimum atomic E-state index is -4.37. The van der Waals surface area contributed by atoms with Crippen LogP contribution in [0.25, 0.3) is 0 Å². The van der Waals surface area contributed by atoms with Crippen LogP contribution in [0.15, 0.2) is 22.7 Å². The van der Waals surface area contributed by atoms with E-state index < -0.39 is 11.7 Å². The summed E-state index contributed by atoms with van der Waals surface area (Å²) in [6, 6.07) is 4.07. The number of hydrogen-bond acceptors (Lipinski definition) is 2. The molecule has 1 saturated heterocycles. The normalized spacial score (nSPS) is 22.1. The Morgan fingerprint density at radius 3 is 2.48 bits per heavy atom. The second-order valence-electron chi connectivity index (χ2n) is 6.04. The average molecular weight is 364 g/mol. The van der Waals surface area contributed by atoms with Crippen LogP contribution in [0.3, 0.4) is 0 Å². The van der Waals surface area contributed by atoms with E-state index in [0.29, 0.717) is 11.2 Å². The van der Waals surface area contributed by atoms with Gasteiger partial charge in [0, 0.05) is 4.47 Å². The van der Waals surface area contributed by atoms with Crippen LogP contribution < -0.4 is 10.1 Å². The molecule has 1 aliphatic carbocycles. The monoisotopic (exact) mass is 363 g/mol. The summed E-state index contributed by atoms with van der Waals surface area (Å²) in [6.07, 6.45) is -0.140. The molecule has 1 aromatic carbocycles. The van der Waals surface area contributed by atoms with Gasteiger partial charge in [0.05, 0.1) is 11.7 Å². The highest BCUT2D eigenvalue weighted by Crippen LogP contribution is 2.49. The minimum Gasteiger partial charge on any atom is -0.490 e. The van der Waals surface area contributed by atoms with Crippen LogP contribution in [0.2, 0.25) is 0 Å². The maximum absolute atomic E-state index is 12.9.